The molecule has 1 heterocycles. The van der Waals surface area contributed by atoms with Gasteiger partial charge in [0.05, 0.1) is 19.8 Å². The molecule has 2 rings (SSSR count). The highest BCUT2D eigenvalue weighted by Gasteiger charge is 2.45. The molecule has 0 atom stereocenters. The average Bonchev–Trinajstić information content (AvgIpc) is 2.26. The fraction of sp³-hybridized carbons (Fsp3) is 0.417. The highest BCUT2D eigenvalue weighted by molar-refractivity contribution is 9.10. The van der Waals surface area contributed by atoms with Crippen LogP contribution >= 0.6 is 15.9 Å². The van der Waals surface area contributed by atoms with Gasteiger partial charge in [-0.25, -0.2) is 0 Å². The second kappa shape index (κ2) is 5.16. The Morgan fingerprint density at radius 2 is 2.29 bits per heavy atom. The van der Waals surface area contributed by atoms with E-state index in [1.54, 1.807) is 0 Å². The monoisotopic (exact) mass is 299 g/mol. The number of hydrogen-bond donors (Lipinski definition) is 2. The second-order valence-corrected chi connectivity index (χ2v) is 5.16. The Balaban J connectivity index is 1.92. The lowest BCUT2D eigenvalue weighted by Gasteiger charge is -2.38. The first-order valence-corrected chi connectivity index (χ1v) is 6.17. The summed E-state index contributed by atoms with van der Waals surface area (Å²) in [6.07, 6.45) is 0. The molecule has 4 nitrogen and oxygen atoms in total. The summed E-state index contributed by atoms with van der Waals surface area (Å²) < 4.78 is 5.97. The minimum absolute atomic E-state index is 0.147. The number of aliphatic hydroxyl groups excluding tert-OH is 1. The Hall–Kier alpha value is -0.910. The fourth-order valence-corrected chi connectivity index (χ4v) is 2.11. The van der Waals surface area contributed by atoms with Gasteiger partial charge in [0.1, 0.15) is 5.41 Å². The number of halogens is 1. The number of benzene rings is 1. The molecule has 2 N–H and O–H groups in total. The minimum atomic E-state index is -0.730. The molecular weight excluding hydrogens is 286 g/mol. The van der Waals surface area contributed by atoms with Gasteiger partial charge in [0, 0.05) is 11.0 Å². The molecule has 0 saturated carbocycles. The molecule has 0 aromatic heterocycles. The number of rotatable bonds is 4. The molecule has 17 heavy (non-hydrogen) atoms. The summed E-state index contributed by atoms with van der Waals surface area (Å²) in [4.78, 5) is 11.9. The number of carbonyl (C=O) groups is 1. The van der Waals surface area contributed by atoms with Gasteiger partial charge in [0.15, 0.2) is 0 Å². The first kappa shape index (κ1) is 12.5. The number of aliphatic hydroxyl groups is 1. The predicted molar refractivity (Wildman–Crippen MR) is 66.3 cm³/mol. The Morgan fingerprint density at radius 3 is 2.82 bits per heavy atom. The lowest BCUT2D eigenvalue weighted by atomic mass is 9.86. The number of amides is 1. The largest absolute Gasteiger partial charge is 0.395 e. The highest BCUT2D eigenvalue weighted by Crippen LogP contribution is 2.27. The molecule has 92 valence electrons. The van der Waals surface area contributed by atoms with Crippen molar-refractivity contribution in [3.8, 4) is 0 Å². The molecule has 1 aromatic carbocycles. The van der Waals surface area contributed by atoms with Crippen molar-refractivity contribution in [2.45, 2.75) is 6.54 Å². The van der Waals surface area contributed by atoms with Gasteiger partial charge < -0.3 is 15.2 Å². The smallest absolute Gasteiger partial charge is 0.233 e. The zero-order chi connectivity index (χ0) is 12.3. The molecule has 1 aromatic rings. The molecule has 5 heteroatoms. The van der Waals surface area contributed by atoms with Crippen LogP contribution in [-0.2, 0) is 16.1 Å². The van der Waals surface area contributed by atoms with Crippen molar-refractivity contribution in [1.82, 2.24) is 5.32 Å². The van der Waals surface area contributed by atoms with E-state index in [-0.39, 0.29) is 12.5 Å². The van der Waals surface area contributed by atoms with E-state index < -0.39 is 5.41 Å². The first-order valence-electron chi connectivity index (χ1n) is 5.38. The quantitative estimate of drug-likeness (QED) is 0.874. The highest BCUT2D eigenvalue weighted by atomic mass is 79.9. The fourth-order valence-electron chi connectivity index (χ4n) is 1.66. The normalized spacial score (nSPS) is 17.3. The maximum absolute atomic E-state index is 11.9. The zero-order valence-corrected chi connectivity index (χ0v) is 10.9. The maximum atomic E-state index is 11.9. The lowest BCUT2D eigenvalue weighted by Crippen LogP contribution is -2.56. The lowest BCUT2D eigenvalue weighted by molar-refractivity contribution is -0.170. The molecule has 1 aliphatic rings. The summed E-state index contributed by atoms with van der Waals surface area (Å²) in [6, 6.07) is 7.73. The van der Waals surface area contributed by atoms with Gasteiger partial charge in [0.2, 0.25) is 5.91 Å². The van der Waals surface area contributed by atoms with Gasteiger partial charge in [-0.05, 0) is 17.7 Å². The Bertz CT molecular complexity index is 412. The van der Waals surface area contributed by atoms with E-state index in [9.17, 15) is 9.90 Å². The molecule has 0 spiro atoms. The topological polar surface area (TPSA) is 58.6 Å². The molecule has 1 saturated heterocycles. The molecular formula is C12H14BrNO3. The van der Waals surface area contributed by atoms with Crippen molar-refractivity contribution in [3.63, 3.8) is 0 Å². The zero-order valence-electron chi connectivity index (χ0n) is 9.28. The summed E-state index contributed by atoms with van der Waals surface area (Å²) in [5.74, 6) is -0.147. The second-order valence-electron chi connectivity index (χ2n) is 4.24. The van der Waals surface area contributed by atoms with Crippen molar-refractivity contribution in [3.05, 3.63) is 34.3 Å². The van der Waals surface area contributed by atoms with E-state index in [2.05, 4.69) is 21.2 Å². The SMILES string of the molecule is O=C(NCc1cccc(Br)c1)C1(CO)COC1. The van der Waals surface area contributed by atoms with Gasteiger partial charge in [-0.15, -0.1) is 0 Å². The van der Waals surface area contributed by atoms with Crippen LogP contribution in [0.5, 0.6) is 0 Å². The number of ether oxygens (including phenoxy) is 1. The van der Waals surface area contributed by atoms with E-state index in [4.69, 9.17) is 4.74 Å². The van der Waals surface area contributed by atoms with Crippen molar-refractivity contribution < 1.29 is 14.6 Å². The number of hydrogen-bond acceptors (Lipinski definition) is 3. The maximum Gasteiger partial charge on any atom is 0.233 e. The van der Waals surface area contributed by atoms with Crippen LogP contribution < -0.4 is 5.32 Å². The van der Waals surface area contributed by atoms with Gasteiger partial charge in [-0.2, -0.15) is 0 Å². The van der Waals surface area contributed by atoms with Gasteiger partial charge >= 0.3 is 0 Å². The molecule has 0 radical (unpaired) electrons. The van der Waals surface area contributed by atoms with Gasteiger partial charge in [-0.3, -0.25) is 4.79 Å². The number of nitrogens with one attached hydrogen (secondary N) is 1. The van der Waals surface area contributed by atoms with Crippen molar-refractivity contribution in [1.29, 1.82) is 0 Å². The molecule has 1 aliphatic heterocycles. The van der Waals surface area contributed by atoms with Gasteiger partial charge in [-0.1, -0.05) is 28.1 Å². The standard InChI is InChI=1S/C12H14BrNO3/c13-10-3-1-2-9(4-10)5-14-11(16)12(6-15)7-17-8-12/h1-4,15H,5-8H2,(H,14,16). The van der Waals surface area contributed by atoms with Crippen molar-refractivity contribution in [2.24, 2.45) is 5.41 Å². The van der Waals surface area contributed by atoms with Crippen molar-refractivity contribution in [2.75, 3.05) is 19.8 Å². The molecule has 1 fully saturated rings. The Kier molecular flexibility index (Phi) is 3.81. The molecule has 1 amide bonds. The van der Waals surface area contributed by atoms with E-state index in [1.165, 1.54) is 0 Å². The Morgan fingerprint density at radius 1 is 1.53 bits per heavy atom. The minimum Gasteiger partial charge on any atom is -0.395 e. The summed E-state index contributed by atoms with van der Waals surface area (Å²) in [5.41, 5.74) is 0.285. The predicted octanol–water partition coefficient (Wildman–Crippen LogP) is 1.07. The van der Waals surface area contributed by atoms with Crippen LogP contribution in [0.2, 0.25) is 0 Å². The third-order valence-corrected chi connectivity index (χ3v) is 3.38. The third kappa shape index (κ3) is 2.68. The van der Waals surface area contributed by atoms with Crippen LogP contribution in [0.25, 0.3) is 0 Å². The van der Waals surface area contributed by atoms with Crippen LogP contribution in [0.15, 0.2) is 28.7 Å². The van der Waals surface area contributed by atoms with E-state index >= 15 is 0 Å². The van der Waals surface area contributed by atoms with Crippen LogP contribution in [0.1, 0.15) is 5.56 Å². The molecule has 0 unspecified atom stereocenters. The van der Waals surface area contributed by atoms with E-state index in [1.807, 2.05) is 24.3 Å². The van der Waals surface area contributed by atoms with Crippen LogP contribution in [0, 0.1) is 5.41 Å². The molecule has 0 bridgehead atoms. The summed E-state index contributed by atoms with van der Waals surface area (Å²) >= 11 is 3.37. The van der Waals surface area contributed by atoms with Crippen molar-refractivity contribution >= 4 is 21.8 Å². The summed E-state index contributed by atoms with van der Waals surface area (Å²) in [6.45, 7) is 0.888. The molecule has 0 aliphatic carbocycles. The summed E-state index contributed by atoms with van der Waals surface area (Å²) in [5, 5.41) is 12.0. The number of carbonyl (C=O) groups excluding carboxylic acids is 1. The third-order valence-electron chi connectivity index (χ3n) is 2.88. The van der Waals surface area contributed by atoms with Crippen LogP contribution in [-0.4, -0.2) is 30.8 Å². The van der Waals surface area contributed by atoms with Gasteiger partial charge in [0.25, 0.3) is 0 Å². The van der Waals surface area contributed by atoms with E-state index in [0.29, 0.717) is 19.8 Å². The summed E-state index contributed by atoms with van der Waals surface area (Å²) in [7, 11) is 0. The average molecular weight is 300 g/mol. The van der Waals surface area contributed by atoms with Crippen LogP contribution in [0.3, 0.4) is 0 Å². The first-order chi connectivity index (χ1) is 8.16. The van der Waals surface area contributed by atoms with E-state index in [0.717, 1.165) is 10.0 Å². The Labute approximate surface area is 108 Å². The van der Waals surface area contributed by atoms with Crippen LogP contribution in [0.4, 0.5) is 0 Å².